The fourth-order valence-corrected chi connectivity index (χ4v) is 7.05. The van der Waals surface area contributed by atoms with Crippen molar-refractivity contribution in [2.24, 2.45) is 0 Å². The van der Waals surface area contributed by atoms with Crippen molar-refractivity contribution in [1.82, 2.24) is 0 Å². The molecule has 8 aromatic rings. The van der Waals surface area contributed by atoms with E-state index in [0.717, 1.165) is 17.1 Å². The van der Waals surface area contributed by atoms with Crippen molar-refractivity contribution in [2.45, 2.75) is 11.8 Å². The lowest BCUT2D eigenvalue weighted by atomic mass is 9.96. The van der Waals surface area contributed by atoms with Crippen molar-refractivity contribution in [3.63, 3.8) is 0 Å². The molecule has 0 aliphatic rings. The average Bonchev–Trinajstić information content (AvgIpc) is 3.23. The topological polar surface area (TPSA) is 3.24 Å². The lowest BCUT2D eigenvalue weighted by Crippen LogP contribution is -2.11. The fraction of sp³-hybridized carbons (Fsp3) is 0.0400. The quantitative estimate of drug-likeness (QED) is 0.146. The van der Waals surface area contributed by atoms with E-state index in [4.69, 9.17) is 0 Å². The molecule has 0 amide bonds. The van der Waals surface area contributed by atoms with Gasteiger partial charge in [-0.15, -0.1) is 11.8 Å². The number of rotatable bonds is 8. The van der Waals surface area contributed by atoms with E-state index in [1.165, 1.54) is 55.0 Å². The highest BCUT2D eigenvalue weighted by molar-refractivity contribution is 7.98. The van der Waals surface area contributed by atoms with Crippen molar-refractivity contribution in [3.8, 4) is 44.5 Å². The monoisotopic (exact) mass is 687 g/mol. The molecule has 0 saturated carbocycles. The molecule has 1 nitrogen and oxygen atoms in total. The molecule has 0 aliphatic heterocycles. The molecule has 0 fully saturated rings. The zero-order chi connectivity index (χ0) is 35.5. The maximum absolute atomic E-state index is 2.38. The van der Waals surface area contributed by atoms with Crippen LogP contribution < -0.4 is 4.90 Å². The van der Waals surface area contributed by atoms with Crippen LogP contribution in [-0.4, -0.2) is 6.26 Å². The number of benzene rings is 8. The third-order valence-electron chi connectivity index (χ3n) is 9.15. The third kappa shape index (κ3) is 8.10. The Balaban J connectivity index is 0.000000638. The summed E-state index contributed by atoms with van der Waals surface area (Å²) in [5, 5.41) is 0. The first-order valence-corrected chi connectivity index (χ1v) is 18.9. The van der Waals surface area contributed by atoms with E-state index in [1.54, 1.807) is 11.8 Å². The molecule has 8 aromatic carbocycles. The first kappa shape index (κ1) is 34.4. The second-order valence-corrected chi connectivity index (χ2v) is 13.5. The maximum Gasteiger partial charge on any atom is 0.0540 e. The Bertz CT molecular complexity index is 2270. The molecule has 252 valence electrons. The normalized spacial score (nSPS) is 10.6. The van der Waals surface area contributed by atoms with Crippen molar-refractivity contribution >= 4 is 28.8 Å². The molecule has 8 rings (SSSR count). The van der Waals surface area contributed by atoms with Gasteiger partial charge in [0.05, 0.1) is 5.69 Å². The predicted octanol–water partition coefficient (Wildman–Crippen LogP) is 14.5. The van der Waals surface area contributed by atoms with Gasteiger partial charge < -0.3 is 4.90 Å². The largest absolute Gasteiger partial charge is 0.310 e. The number of nitrogens with zero attached hydrogens (tertiary/aromatic N) is 1. The van der Waals surface area contributed by atoms with E-state index in [0.29, 0.717) is 0 Å². The minimum atomic E-state index is 1.11. The molecule has 0 saturated heterocycles. The standard InChI is InChI=1S/C44H35NS.C6H6/c1-32-17-26-39(27-18-32)45(40-28-23-36(24-29-40)35-21-19-34(20-22-35)33-11-5-3-6-12-33)43-30-25-38(41-15-9-10-16-44(41)46-2)31-42(43)37-13-7-4-8-14-37;1-2-4-6-5-3-1/h3-31H,1-2H3;1-6H. The van der Waals surface area contributed by atoms with Crippen molar-refractivity contribution in [3.05, 3.63) is 218 Å². The Labute approximate surface area is 312 Å². The lowest BCUT2D eigenvalue weighted by Gasteiger charge is -2.29. The Morgan fingerprint density at radius 3 is 1.29 bits per heavy atom. The van der Waals surface area contributed by atoms with E-state index < -0.39 is 0 Å². The molecule has 2 heteroatoms. The van der Waals surface area contributed by atoms with Crippen molar-refractivity contribution in [2.75, 3.05) is 11.2 Å². The SMILES string of the molecule is CSc1ccccc1-c1ccc(N(c2ccc(C)cc2)c2ccc(-c3ccc(-c4ccccc4)cc3)cc2)c(-c2ccccc2)c1.c1ccccc1. The van der Waals surface area contributed by atoms with Gasteiger partial charge in [0.15, 0.2) is 0 Å². The summed E-state index contributed by atoms with van der Waals surface area (Å²) < 4.78 is 0. The van der Waals surface area contributed by atoms with Crippen LogP contribution in [-0.2, 0) is 0 Å². The predicted molar refractivity (Wildman–Crippen MR) is 226 cm³/mol. The summed E-state index contributed by atoms with van der Waals surface area (Å²) in [5.41, 5.74) is 14.3. The second-order valence-electron chi connectivity index (χ2n) is 12.6. The van der Waals surface area contributed by atoms with Gasteiger partial charge in [-0.25, -0.2) is 0 Å². The first-order chi connectivity index (χ1) is 25.7. The molecule has 0 unspecified atom stereocenters. The Kier molecular flexibility index (Phi) is 11.1. The number of hydrogen-bond donors (Lipinski definition) is 0. The molecule has 0 N–H and O–H groups in total. The van der Waals surface area contributed by atoms with Gasteiger partial charge in [0.1, 0.15) is 0 Å². The summed E-state index contributed by atoms with van der Waals surface area (Å²) in [7, 11) is 0. The minimum absolute atomic E-state index is 1.11. The molecule has 0 aromatic heterocycles. The summed E-state index contributed by atoms with van der Waals surface area (Å²) in [6, 6.07) is 75.5. The van der Waals surface area contributed by atoms with Gasteiger partial charge in [-0.05, 0) is 94.6 Å². The highest BCUT2D eigenvalue weighted by atomic mass is 32.2. The smallest absolute Gasteiger partial charge is 0.0540 e. The molecular formula is C50H41NS. The number of anilines is 3. The van der Waals surface area contributed by atoms with E-state index in [2.05, 4.69) is 194 Å². The summed E-state index contributed by atoms with van der Waals surface area (Å²) in [6.07, 6.45) is 2.14. The molecule has 52 heavy (non-hydrogen) atoms. The highest BCUT2D eigenvalue weighted by Crippen LogP contribution is 2.44. The summed E-state index contributed by atoms with van der Waals surface area (Å²) in [5.74, 6) is 0. The second kappa shape index (κ2) is 16.7. The van der Waals surface area contributed by atoms with Crippen LogP contribution >= 0.6 is 11.8 Å². The van der Waals surface area contributed by atoms with Crippen LogP contribution in [0.15, 0.2) is 217 Å². The van der Waals surface area contributed by atoms with Crippen LogP contribution in [0.2, 0.25) is 0 Å². The minimum Gasteiger partial charge on any atom is -0.310 e. The van der Waals surface area contributed by atoms with Crippen molar-refractivity contribution in [1.29, 1.82) is 0 Å². The van der Waals surface area contributed by atoms with Gasteiger partial charge >= 0.3 is 0 Å². The van der Waals surface area contributed by atoms with Gasteiger partial charge in [0.2, 0.25) is 0 Å². The summed E-state index contributed by atoms with van der Waals surface area (Å²) in [4.78, 5) is 3.66. The van der Waals surface area contributed by atoms with Crippen LogP contribution in [0.3, 0.4) is 0 Å². The van der Waals surface area contributed by atoms with E-state index >= 15 is 0 Å². The Hall–Kier alpha value is -6.09. The summed E-state index contributed by atoms with van der Waals surface area (Å²) >= 11 is 1.79. The molecule has 0 radical (unpaired) electrons. The maximum atomic E-state index is 2.38. The zero-order valence-corrected chi connectivity index (χ0v) is 30.4. The molecule has 0 aliphatic carbocycles. The lowest BCUT2D eigenvalue weighted by molar-refractivity contribution is 1.27. The van der Waals surface area contributed by atoms with Crippen LogP contribution in [0.4, 0.5) is 17.1 Å². The Morgan fingerprint density at radius 2 is 0.750 bits per heavy atom. The van der Waals surface area contributed by atoms with Crippen LogP contribution in [0.25, 0.3) is 44.5 Å². The van der Waals surface area contributed by atoms with E-state index in [-0.39, 0.29) is 0 Å². The van der Waals surface area contributed by atoms with Gasteiger partial charge in [-0.2, -0.15) is 0 Å². The summed E-state index contributed by atoms with van der Waals surface area (Å²) in [6.45, 7) is 2.14. The first-order valence-electron chi connectivity index (χ1n) is 17.6. The van der Waals surface area contributed by atoms with Gasteiger partial charge in [-0.1, -0.05) is 175 Å². The average molecular weight is 688 g/mol. The van der Waals surface area contributed by atoms with Crippen molar-refractivity contribution < 1.29 is 0 Å². The van der Waals surface area contributed by atoms with Crippen LogP contribution in [0.5, 0.6) is 0 Å². The number of hydrogen-bond acceptors (Lipinski definition) is 2. The molecule has 0 bridgehead atoms. The molecule has 0 atom stereocenters. The van der Waals surface area contributed by atoms with Crippen LogP contribution in [0.1, 0.15) is 5.56 Å². The van der Waals surface area contributed by atoms with Crippen LogP contribution in [0, 0.1) is 6.92 Å². The molecular weight excluding hydrogens is 647 g/mol. The third-order valence-corrected chi connectivity index (χ3v) is 9.95. The molecule has 0 spiro atoms. The van der Waals surface area contributed by atoms with Gasteiger partial charge in [0.25, 0.3) is 0 Å². The van der Waals surface area contributed by atoms with E-state index in [9.17, 15) is 0 Å². The van der Waals surface area contributed by atoms with Gasteiger partial charge in [0, 0.05) is 21.8 Å². The van der Waals surface area contributed by atoms with Gasteiger partial charge in [-0.3, -0.25) is 0 Å². The molecule has 0 heterocycles. The highest BCUT2D eigenvalue weighted by Gasteiger charge is 2.19. The van der Waals surface area contributed by atoms with E-state index in [1.807, 2.05) is 36.4 Å². The zero-order valence-electron chi connectivity index (χ0n) is 29.6. The number of thioether (sulfide) groups is 1. The Morgan fingerprint density at radius 1 is 0.346 bits per heavy atom. The number of aryl methyl sites for hydroxylation is 1. The fourth-order valence-electron chi connectivity index (χ4n) is 6.43.